The van der Waals surface area contributed by atoms with Crippen molar-refractivity contribution < 1.29 is 13.9 Å². The van der Waals surface area contributed by atoms with Gasteiger partial charge in [0.1, 0.15) is 5.52 Å². The average molecular weight is 273 g/mol. The smallest absolute Gasteiger partial charge is 0.309 e. The van der Waals surface area contributed by atoms with Gasteiger partial charge in [-0.05, 0) is 38.8 Å². The lowest BCUT2D eigenvalue weighted by Crippen LogP contribution is -2.23. The van der Waals surface area contributed by atoms with Crippen LogP contribution in [0, 0.1) is 5.92 Å². The van der Waals surface area contributed by atoms with E-state index in [1.807, 2.05) is 38.1 Å². The van der Waals surface area contributed by atoms with Gasteiger partial charge in [0.2, 0.25) is 0 Å². The highest BCUT2D eigenvalue weighted by Gasteiger charge is 2.38. The Hall–Kier alpha value is -1.84. The van der Waals surface area contributed by atoms with Crippen LogP contribution in [0.5, 0.6) is 0 Å². The molecule has 4 heteroatoms. The molecule has 1 aromatic heterocycles. The average Bonchev–Trinajstić information content (AvgIpc) is 3.04. The zero-order valence-corrected chi connectivity index (χ0v) is 11.8. The van der Waals surface area contributed by atoms with Crippen molar-refractivity contribution in [1.82, 2.24) is 4.98 Å². The number of oxazole rings is 1. The van der Waals surface area contributed by atoms with Gasteiger partial charge in [-0.15, -0.1) is 0 Å². The Morgan fingerprint density at radius 3 is 2.90 bits per heavy atom. The van der Waals surface area contributed by atoms with Gasteiger partial charge >= 0.3 is 5.97 Å². The number of carbonyl (C=O) groups is 1. The normalized spacial score (nSPS) is 22.6. The van der Waals surface area contributed by atoms with E-state index in [-0.39, 0.29) is 23.9 Å². The zero-order chi connectivity index (χ0) is 14.1. The number of hydrogen-bond donors (Lipinski definition) is 0. The van der Waals surface area contributed by atoms with Crippen LogP contribution in [-0.2, 0) is 9.53 Å². The summed E-state index contributed by atoms with van der Waals surface area (Å²) in [7, 11) is 0. The van der Waals surface area contributed by atoms with Crippen molar-refractivity contribution in [2.24, 2.45) is 5.92 Å². The summed E-state index contributed by atoms with van der Waals surface area (Å²) in [4.78, 5) is 16.7. The monoisotopic (exact) mass is 273 g/mol. The van der Waals surface area contributed by atoms with E-state index in [9.17, 15) is 4.79 Å². The van der Waals surface area contributed by atoms with Gasteiger partial charge in [0, 0.05) is 5.92 Å². The number of fused-ring (bicyclic) bond motifs is 1. The number of benzene rings is 1. The van der Waals surface area contributed by atoms with E-state index in [0.717, 1.165) is 30.4 Å². The molecule has 2 aromatic rings. The first-order valence-electron chi connectivity index (χ1n) is 7.21. The highest BCUT2D eigenvalue weighted by Crippen LogP contribution is 2.40. The number of para-hydroxylation sites is 2. The first kappa shape index (κ1) is 13.2. The number of rotatable bonds is 3. The first-order chi connectivity index (χ1) is 9.65. The Morgan fingerprint density at radius 1 is 1.35 bits per heavy atom. The van der Waals surface area contributed by atoms with E-state index in [0.29, 0.717) is 5.89 Å². The maximum Gasteiger partial charge on any atom is 0.309 e. The quantitative estimate of drug-likeness (QED) is 0.801. The summed E-state index contributed by atoms with van der Waals surface area (Å²) in [5, 5.41) is 0. The minimum absolute atomic E-state index is 0.0497. The minimum atomic E-state index is -0.121. The fourth-order valence-corrected chi connectivity index (χ4v) is 2.91. The molecule has 1 aliphatic carbocycles. The second-order valence-corrected chi connectivity index (χ2v) is 5.65. The Morgan fingerprint density at radius 2 is 2.15 bits per heavy atom. The van der Waals surface area contributed by atoms with Gasteiger partial charge in [0.25, 0.3) is 0 Å². The lowest BCUT2D eigenvalue weighted by molar-refractivity contribution is -0.152. The van der Waals surface area contributed by atoms with Crippen LogP contribution >= 0.6 is 0 Å². The van der Waals surface area contributed by atoms with Crippen molar-refractivity contribution >= 4 is 17.1 Å². The van der Waals surface area contributed by atoms with Crippen molar-refractivity contribution in [1.29, 1.82) is 0 Å². The van der Waals surface area contributed by atoms with Crippen LogP contribution in [0.25, 0.3) is 11.1 Å². The molecule has 0 amide bonds. The molecule has 0 bridgehead atoms. The molecule has 0 aliphatic heterocycles. The molecule has 1 aromatic carbocycles. The van der Waals surface area contributed by atoms with Crippen LogP contribution in [0.4, 0.5) is 0 Å². The summed E-state index contributed by atoms with van der Waals surface area (Å²) in [5.74, 6) is 0.485. The van der Waals surface area contributed by atoms with Gasteiger partial charge < -0.3 is 9.15 Å². The fraction of sp³-hybridized carbons (Fsp3) is 0.500. The summed E-state index contributed by atoms with van der Waals surface area (Å²) < 4.78 is 11.2. The van der Waals surface area contributed by atoms with E-state index in [1.165, 1.54) is 0 Å². The molecule has 3 rings (SSSR count). The largest absolute Gasteiger partial charge is 0.463 e. The summed E-state index contributed by atoms with van der Waals surface area (Å²) in [5.41, 5.74) is 1.63. The van der Waals surface area contributed by atoms with Crippen molar-refractivity contribution in [2.75, 3.05) is 0 Å². The van der Waals surface area contributed by atoms with Gasteiger partial charge in [-0.1, -0.05) is 18.6 Å². The Bertz CT molecular complexity index is 584. The van der Waals surface area contributed by atoms with E-state index >= 15 is 0 Å². The molecule has 2 unspecified atom stereocenters. The molecule has 0 spiro atoms. The highest BCUT2D eigenvalue weighted by atomic mass is 16.5. The third-order valence-corrected chi connectivity index (χ3v) is 3.80. The lowest BCUT2D eigenvalue weighted by Gasteiger charge is -2.17. The highest BCUT2D eigenvalue weighted by molar-refractivity contribution is 5.75. The molecule has 106 valence electrons. The Kier molecular flexibility index (Phi) is 3.47. The minimum Gasteiger partial charge on any atom is -0.463 e. The van der Waals surface area contributed by atoms with Crippen molar-refractivity contribution in [3.8, 4) is 0 Å². The molecule has 0 radical (unpaired) electrons. The first-order valence-corrected chi connectivity index (χ1v) is 7.21. The molecule has 1 fully saturated rings. The predicted octanol–water partition coefficient (Wildman–Crippen LogP) is 3.66. The standard InChI is InChI=1S/C16H19NO3/c1-10(2)19-16(18)12-7-5-6-11(12)15-17-13-8-3-4-9-14(13)20-15/h3-4,8-12H,5-7H2,1-2H3. The van der Waals surface area contributed by atoms with Crippen LogP contribution in [0.2, 0.25) is 0 Å². The van der Waals surface area contributed by atoms with Gasteiger partial charge in [0.15, 0.2) is 11.5 Å². The third kappa shape index (κ3) is 2.42. The second kappa shape index (κ2) is 5.27. The van der Waals surface area contributed by atoms with Gasteiger partial charge in [-0.3, -0.25) is 4.79 Å². The van der Waals surface area contributed by atoms with Crippen molar-refractivity contribution in [2.45, 2.75) is 45.1 Å². The second-order valence-electron chi connectivity index (χ2n) is 5.65. The van der Waals surface area contributed by atoms with E-state index in [2.05, 4.69) is 4.98 Å². The topological polar surface area (TPSA) is 52.3 Å². The van der Waals surface area contributed by atoms with Crippen molar-refractivity contribution in [3.05, 3.63) is 30.2 Å². The summed E-state index contributed by atoms with van der Waals surface area (Å²) in [6.07, 6.45) is 2.73. The number of nitrogens with zero attached hydrogens (tertiary/aromatic N) is 1. The SMILES string of the molecule is CC(C)OC(=O)C1CCCC1c1nc2ccccc2o1. The predicted molar refractivity (Wildman–Crippen MR) is 75.3 cm³/mol. The summed E-state index contributed by atoms with van der Waals surface area (Å²) in [6.45, 7) is 3.75. The van der Waals surface area contributed by atoms with Crippen LogP contribution < -0.4 is 0 Å². The van der Waals surface area contributed by atoms with Crippen molar-refractivity contribution in [3.63, 3.8) is 0 Å². The van der Waals surface area contributed by atoms with Crippen LogP contribution in [0.1, 0.15) is 44.9 Å². The third-order valence-electron chi connectivity index (χ3n) is 3.80. The number of hydrogen-bond acceptors (Lipinski definition) is 4. The van der Waals surface area contributed by atoms with Crippen LogP contribution in [-0.4, -0.2) is 17.1 Å². The molecular weight excluding hydrogens is 254 g/mol. The van der Waals surface area contributed by atoms with Gasteiger partial charge in [-0.2, -0.15) is 0 Å². The molecule has 0 N–H and O–H groups in total. The fourth-order valence-electron chi connectivity index (χ4n) is 2.91. The van der Waals surface area contributed by atoms with Gasteiger partial charge in [-0.25, -0.2) is 4.98 Å². The molecule has 2 atom stereocenters. The number of aromatic nitrogens is 1. The molecule has 4 nitrogen and oxygen atoms in total. The van der Waals surface area contributed by atoms with E-state index in [1.54, 1.807) is 0 Å². The summed E-state index contributed by atoms with van der Waals surface area (Å²) >= 11 is 0. The molecule has 20 heavy (non-hydrogen) atoms. The number of carbonyl (C=O) groups excluding carboxylic acids is 1. The van der Waals surface area contributed by atoms with Crippen LogP contribution in [0.15, 0.2) is 28.7 Å². The van der Waals surface area contributed by atoms with E-state index in [4.69, 9.17) is 9.15 Å². The molecule has 1 aliphatic rings. The Balaban J connectivity index is 1.86. The molecule has 1 saturated carbocycles. The molecule has 0 saturated heterocycles. The summed E-state index contributed by atoms with van der Waals surface area (Å²) in [6, 6.07) is 7.70. The van der Waals surface area contributed by atoms with E-state index < -0.39 is 0 Å². The van der Waals surface area contributed by atoms with Crippen LogP contribution in [0.3, 0.4) is 0 Å². The lowest BCUT2D eigenvalue weighted by atomic mass is 9.96. The zero-order valence-electron chi connectivity index (χ0n) is 11.8. The maximum absolute atomic E-state index is 12.2. The molecular formula is C16H19NO3. The Labute approximate surface area is 118 Å². The maximum atomic E-state index is 12.2. The number of esters is 1. The molecule has 1 heterocycles. The van der Waals surface area contributed by atoms with Gasteiger partial charge in [0.05, 0.1) is 12.0 Å². The number of ether oxygens (including phenoxy) is 1.